The summed E-state index contributed by atoms with van der Waals surface area (Å²) in [7, 11) is 0. The number of carbonyl (C=O) groups excluding carboxylic acids is 1. The zero-order valence-corrected chi connectivity index (χ0v) is 13.2. The SMILES string of the molecule is CCN(CC)C(=O)c1cc(N2CCC(C(C)N)C2)ccn1. The number of hydrogen-bond donors (Lipinski definition) is 1. The fourth-order valence-electron chi connectivity index (χ4n) is 2.86. The number of hydrogen-bond acceptors (Lipinski definition) is 4. The Kier molecular flexibility index (Phi) is 5.17. The van der Waals surface area contributed by atoms with Gasteiger partial charge in [-0.05, 0) is 45.2 Å². The van der Waals surface area contributed by atoms with Crippen molar-refractivity contribution < 1.29 is 4.79 Å². The standard InChI is InChI=1S/C16H26N4O/c1-4-19(5-2)16(21)15-10-14(6-8-18-15)20-9-7-13(11-20)12(3)17/h6,8,10,12-13H,4-5,7,9,11,17H2,1-3H3. The molecule has 116 valence electrons. The Hall–Kier alpha value is -1.62. The van der Waals surface area contributed by atoms with Crippen LogP contribution in [0, 0.1) is 5.92 Å². The second-order valence-corrected chi connectivity index (χ2v) is 5.73. The van der Waals surface area contributed by atoms with Gasteiger partial charge in [-0.15, -0.1) is 0 Å². The fraction of sp³-hybridized carbons (Fsp3) is 0.625. The largest absolute Gasteiger partial charge is 0.371 e. The van der Waals surface area contributed by atoms with Gasteiger partial charge in [0.05, 0.1) is 0 Å². The van der Waals surface area contributed by atoms with Crippen molar-refractivity contribution in [3.63, 3.8) is 0 Å². The molecule has 0 bridgehead atoms. The Labute approximate surface area is 127 Å². The summed E-state index contributed by atoms with van der Waals surface area (Å²) in [6, 6.07) is 4.10. The van der Waals surface area contributed by atoms with Gasteiger partial charge >= 0.3 is 0 Å². The predicted molar refractivity (Wildman–Crippen MR) is 85.5 cm³/mol. The maximum Gasteiger partial charge on any atom is 0.272 e. The zero-order valence-electron chi connectivity index (χ0n) is 13.2. The van der Waals surface area contributed by atoms with E-state index in [0.29, 0.717) is 24.7 Å². The zero-order chi connectivity index (χ0) is 15.4. The lowest BCUT2D eigenvalue weighted by molar-refractivity contribution is 0.0767. The smallest absolute Gasteiger partial charge is 0.272 e. The number of nitrogens with zero attached hydrogens (tertiary/aromatic N) is 3. The summed E-state index contributed by atoms with van der Waals surface area (Å²) in [5.74, 6) is 0.532. The van der Waals surface area contributed by atoms with Gasteiger partial charge in [-0.3, -0.25) is 9.78 Å². The highest BCUT2D eigenvalue weighted by Crippen LogP contribution is 2.25. The summed E-state index contributed by atoms with van der Waals surface area (Å²) in [4.78, 5) is 20.7. The average Bonchev–Trinajstić information content (AvgIpc) is 2.98. The van der Waals surface area contributed by atoms with Crippen molar-refractivity contribution >= 4 is 11.6 Å². The molecule has 1 aromatic rings. The number of anilines is 1. The molecule has 5 nitrogen and oxygen atoms in total. The highest BCUT2D eigenvalue weighted by molar-refractivity contribution is 5.93. The van der Waals surface area contributed by atoms with Crippen LogP contribution < -0.4 is 10.6 Å². The van der Waals surface area contributed by atoms with E-state index in [1.54, 1.807) is 11.1 Å². The van der Waals surface area contributed by atoms with E-state index in [2.05, 4.69) is 16.8 Å². The fourth-order valence-corrected chi connectivity index (χ4v) is 2.86. The molecular weight excluding hydrogens is 264 g/mol. The minimum atomic E-state index is 0.00444. The Morgan fingerprint density at radius 3 is 2.81 bits per heavy atom. The molecule has 1 fully saturated rings. The molecule has 0 aliphatic carbocycles. The van der Waals surface area contributed by atoms with Crippen LogP contribution in [0.1, 0.15) is 37.7 Å². The van der Waals surface area contributed by atoms with Crippen LogP contribution >= 0.6 is 0 Å². The topological polar surface area (TPSA) is 62.5 Å². The highest BCUT2D eigenvalue weighted by Gasteiger charge is 2.26. The Morgan fingerprint density at radius 1 is 1.52 bits per heavy atom. The van der Waals surface area contributed by atoms with Gasteiger partial charge in [0.1, 0.15) is 5.69 Å². The third kappa shape index (κ3) is 3.53. The molecule has 2 atom stereocenters. The van der Waals surface area contributed by atoms with Gasteiger partial charge in [-0.25, -0.2) is 0 Å². The van der Waals surface area contributed by atoms with Crippen LogP contribution in [-0.4, -0.2) is 48.0 Å². The second kappa shape index (κ2) is 6.89. The summed E-state index contributed by atoms with van der Waals surface area (Å²) in [6.45, 7) is 9.40. The van der Waals surface area contributed by atoms with E-state index < -0.39 is 0 Å². The van der Waals surface area contributed by atoms with E-state index in [-0.39, 0.29) is 11.9 Å². The van der Waals surface area contributed by atoms with E-state index in [1.807, 2.05) is 26.0 Å². The van der Waals surface area contributed by atoms with Crippen molar-refractivity contribution in [3.05, 3.63) is 24.0 Å². The molecule has 1 aliphatic rings. The maximum absolute atomic E-state index is 12.4. The number of rotatable bonds is 5. The van der Waals surface area contributed by atoms with E-state index in [0.717, 1.165) is 25.2 Å². The molecule has 0 radical (unpaired) electrons. The summed E-state index contributed by atoms with van der Waals surface area (Å²) < 4.78 is 0. The normalized spacial score (nSPS) is 19.6. The van der Waals surface area contributed by atoms with Crippen LogP contribution in [0.5, 0.6) is 0 Å². The van der Waals surface area contributed by atoms with Gasteiger partial charge in [0, 0.05) is 44.1 Å². The third-order valence-corrected chi connectivity index (χ3v) is 4.35. The predicted octanol–water partition coefficient (Wildman–Crippen LogP) is 1.74. The first-order valence-electron chi connectivity index (χ1n) is 7.82. The quantitative estimate of drug-likeness (QED) is 0.897. The molecule has 21 heavy (non-hydrogen) atoms. The van der Waals surface area contributed by atoms with E-state index >= 15 is 0 Å². The molecule has 1 amide bonds. The highest BCUT2D eigenvalue weighted by atomic mass is 16.2. The minimum absolute atomic E-state index is 0.00444. The molecule has 1 saturated heterocycles. The number of nitrogens with two attached hydrogens (primary N) is 1. The van der Waals surface area contributed by atoms with E-state index in [9.17, 15) is 4.79 Å². The first-order valence-corrected chi connectivity index (χ1v) is 7.82. The molecule has 0 spiro atoms. The van der Waals surface area contributed by atoms with Crippen LogP contribution in [0.2, 0.25) is 0 Å². The summed E-state index contributed by atoms with van der Waals surface area (Å²) >= 11 is 0. The molecule has 1 aliphatic heterocycles. The lowest BCUT2D eigenvalue weighted by atomic mass is 10.0. The van der Waals surface area contributed by atoms with E-state index in [1.165, 1.54) is 0 Å². The summed E-state index contributed by atoms with van der Waals surface area (Å²) in [5.41, 5.74) is 7.59. The van der Waals surface area contributed by atoms with Crippen LogP contribution in [0.4, 0.5) is 5.69 Å². The molecule has 5 heteroatoms. The summed E-state index contributed by atoms with van der Waals surface area (Å²) in [6.07, 6.45) is 2.84. The molecular formula is C16H26N4O. The van der Waals surface area contributed by atoms with Gasteiger partial charge in [0.15, 0.2) is 0 Å². The first kappa shape index (κ1) is 15.8. The van der Waals surface area contributed by atoms with Crippen molar-refractivity contribution in [1.29, 1.82) is 0 Å². The van der Waals surface area contributed by atoms with Crippen molar-refractivity contribution in [1.82, 2.24) is 9.88 Å². The number of amides is 1. The van der Waals surface area contributed by atoms with Gasteiger partial charge in [-0.2, -0.15) is 0 Å². The van der Waals surface area contributed by atoms with Crippen molar-refractivity contribution in [2.24, 2.45) is 11.7 Å². The first-order chi connectivity index (χ1) is 10.1. The van der Waals surface area contributed by atoms with Gasteiger partial charge in [0.25, 0.3) is 5.91 Å². The van der Waals surface area contributed by atoms with E-state index in [4.69, 9.17) is 5.73 Å². The number of aromatic nitrogens is 1. The number of pyridine rings is 1. The summed E-state index contributed by atoms with van der Waals surface area (Å²) in [5, 5.41) is 0. The lowest BCUT2D eigenvalue weighted by Gasteiger charge is -2.22. The van der Waals surface area contributed by atoms with Crippen LogP contribution in [-0.2, 0) is 0 Å². The molecule has 2 unspecified atom stereocenters. The molecule has 2 N–H and O–H groups in total. The monoisotopic (exact) mass is 290 g/mol. The molecule has 2 rings (SSSR count). The van der Waals surface area contributed by atoms with Crippen LogP contribution in [0.25, 0.3) is 0 Å². The average molecular weight is 290 g/mol. The van der Waals surface area contributed by atoms with Gasteiger partial charge < -0.3 is 15.5 Å². The van der Waals surface area contributed by atoms with Gasteiger partial charge in [-0.1, -0.05) is 0 Å². The van der Waals surface area contributed by atoms with Crippen molar-refractivity contribution in [3.8, 4) is 0 Å². The maximum atomic E-state index is 12.4. The Balaban J connectivity index is 2.13. The van der Waals surface area contributed by atoms with Crippen molar-refractivity contribution in [2.45, 2.75) is 33.2 Å². The number of carbonyl (C=O) groups is 1. The molecule has 2 heterocycles. The Morgan fingerprint density at radius 2 is 2.24 bits per heavy atom. The molecule has 0 saturated carbocycles. The third-order valence-electron chi connectivity index (χ3n) is 4.35. The van der Waals surface area contributed by atoms with Crippen LogP contribution in [0.15, 0.2) is 18.3 Å². The second-order valence-electron chi connectivity index (χ2n) is 5.73. The van der Waals surface area contributed by atoms with Gasteiger partial charge in [0.2, 0.25) is 0 Å². The Bertz CT molecular complexity index is 485. The molecule has 1 aromatic heterocycles. The van der Waals surface area contributed by atoms with Crippen LogP contribution in [0.3, 0.4) is 0 Å². The van der Waals surface area contributed by atoms with Crippen molar-refractivity contribution in [2.75, 3.05) is 31.1 Å². The lowest BCUT2D eigenvalue weighted by Crippen LogP contribution is -2.32. The molecule has 0 aromatic carbocycles. The minimum Gasteiger partial charge on any atom is -0.371 e.